The smallest absolute Gasteiger partial charge is 0.399 e. The maximum atomic E-state index is 13.0. The van der Waals surface area contributed by atoms with Crippen molar-refractivity contribution in [2.24, 2.45) is 0 Å². The number of rotatable bonds is 10. The topological polar surface area (TPSA) is 105 Å². The quantitative estimate of drug-likeness (QED) is 0.0759. The lowest BCUT2D eigenvalue weighted by molar-refractivity contribution is -0.181. The molecule has 2 aromatic heterocycles. The molecule has 0 radical (unpaired) electrons. The van der Waals surface area contributed by atoms with Crippen LogP contribution in [0.5, 0.6) is 0 Å². The minimum Gasteiger partial charge on any atom is -0.457 e. The van der Waals surface area contributed by atoms with Gasteiger partial charge in [-0.2, -0.15) is 52.7 Å². The zero-order valence-electron chi connectivity index (χ0n) is 34.5. The van der Waals surface area contributed by atoms with Crippen molar-refractivity contribution in [3.05, 3.63) is 95.1 Å². The number of fused-ring (bicyclic) bond motifs is 7. The Balaban J connectivity index is 1.09. The van der Waals surface area contributed by atoms with Gasteiger partial charge in [-0.25, -0.2) is 0 Å². The summed E-state index contributed by atoms with van der Waals surface area (Å²) in [5.41, 5.74) is 2.99. The predicted octanol–water partition coefficient (Wildman–Crippen LogP) is 14.3. The first-order chi connectivity index (χ1) is 31.8. The highest BCUT2D eigenvalue weighted by molar-refractivity contribution is 7.36. The van der Waals surface area contributed by atoms with E-state index in [4.69, 9.17) is 18.9 Å². The Morgan fingerprint density at radius 1 is 0.397 bits per heavy atom. The van der Waals surface area contributed by atoms with Crippen molar-refractivity contribution >= 4 is 76.1 Å². The van der Waals surface area contributed by atoms with Crippen LogP contribution in [0.1, 0.15) is 98.0 Å². The molecule has 22 heteroatoms. The summed E-state index contributed by atoms with van der Waals surface area (Å²) in [7, 11) is 0. The molecule has 4 unspecified atom stereocenters. The molecular weight excluding hydrogens is 973 g/mol. The third-order valence-electron chi connectivity index (χ3n) is 11.2. The van der Waals surface area contributed by atoms with Crippen LogP contribution >= 0.6 is 22.7 Å². The summed E-state index contributed by atoms with van der Waals surface area (Å²) >= 11 is 2.89. The van der Waals surface area contributed by atoms with Gasteiger partial charge in [0.15, 0.2) is 0 Å². The third-order valence-corrected chi connectivity index (χ3v) is 13.7. The molecule has 0 N–H and O–H groups in total. The fourth-order valence-electron chi connectivity index (χ4n) is 8.44. The molecule has 8 nitrogen and oxygen atoms in total. The molecule has 4 aromatic carbocycles. The van der Waals surface area contributed by atoms with Crippen LogP contribution in [0.25, 0.3) is 51.8 Å². The van der Waals surface area contributed by atoms with E-state index in [1.54, 1.807) is 24.3 Å². The molecule has 0 amide bonds. The minimum absolute atomic E-state index is 0.123. The van der Waals surface area contributed by atoms with Gasteiger partial charge < -0.3 is 18.9 Å². The summed E-state index contributed by atoms with van der Waals surface area (Å²) < 4.78 is 180. The van der Waals surface area contributed by atoms with E-state index in [1.807, 2.05) is 24.3 Å². The van der Waals surface area contributed by atoms with E-state index in [1.165, 1.54) is 46.9 Å². The first-order valence-corrected chi connectivity index (χ1v) is 22.1. The first kappa shape index (κ1) is 48.6. The summed E-state index contributed by atoms with van der Waals surface area (Å²) in [6.45, 7) is 0. The summed E-state index contributed by atoms with van der Waals surface area (Å²) in [6, 6.07) is 20.2. The lowest BCUT2D eigenvalue weighted by Crippen LogP contribution is -2.26. The van der Waals surface area contributed by atoms with Crippen LogP contribution in [-0.2, 0) is 38.1 Å². The number of halogens is 12. The lowest BCUT2D eigenvalue weighted by Gasteiger charge is -2.31. The molecule has 2 heterocycles. The van der Waals surface area contributed by atoms with Crippen molar-refractivity contribution in [1.82, 2.24) is 0 Å². The largest absolute Gasteiger partial charge is 0.457 e. The number of hydrogen-bond donors (Lipinski definition) is 0. The SMILES string of the molecule is O=C(CC(F)(F)F)OC1CCC(OC(=O)CC(F)(F)F)c2cc(-c3ccc4c(c3)sc3c5ccc(-c6ccc7c(c6)C(OC(=O)CC(F)(F)F)CCC7OC(=O)CC(F)(F)F)cc5sc43)ccc21. The fraction of sp³-hybridized carbons (Fsp3) is 0.348. The van der Waals surface area contributed by atoms with Crippen LogP contribution in [0.15, 0.2) is 72.8 Å². The molecule has 6 aromatic rings. The molecule has 0 bridgehead atoms. The maximum Gasteiger partial charge on any atom is 0.399 e. The molecule has 2 aliphatic rings. The highest BCUT2D eigenvalue weighted by Gasteiger charge is 2.40. The van der Waals surface area contributed by atoms with Gasteiger partial charge >= 0.3 is 48.6 Å². The molecule has 4 atom stereocenters. The molecular formula is C46H32F12O8S2. The minimum atomic E-state index is -4.86. The molecule has 0 spiro atoms. The van der Waals surface area contributed by atoms with Gasteiger partial charge in [-0.3, -0.25) is 19.2 Å². The van der Waals surface area contributed by atoms with Gasteiger partial charge in [0.25, 0.3) is 0 Å². The molecule has 0 fully saturated rings. The van der Waals surface area contributed by atoms with Gasteiger partial charge in [0, 0.05) is 20.2 Å². The van der Waals surface area contributed by atoms with E-state index >= 15 is 0 Å². The van der Waals surface area contributed by atoms with Crippen molar-refractivity contribution in [2.75, 3.05) is 0 Å². The average Bonchev–Trinajstić information content (AvgIpc) is 3.74. The average molecular weight is 1000 g/mol. The Kier molecular flexibility index (Phi) is 13.0. The van der Waals surface area contributed by atoms with Gasteiger partial charge in [-0.05, 0) is 94.5 Å². The van der Waals surface area contributed by atoms with Crippen LogP contribution in [-0.4, -0.2) is 48.6 Å². The van der Waals surface area contributed by atoms with Gasteiger partial charge in [0.2, 0.25) is 0 Å². The Morgan fingerprint density at radius 2 is 0.662 bits per heavy atom. The molecule has 0 saturated carbocycles. The number of ether oxygens (including phenoxy) is 4. The monoisotopic (exact) mass is 1000 g/mol. The highest BCUT2D eigenvalue weighted by Crippen LogP contribution is 2.49. The highest BCUT2D eigenvalue weighted by atomic mass is 32.1. The van der Waals surface area contributed by atoms with Gasteiger partial charge in [-0.1, -0.05) is 48.5 Å². The summed E-state index contributed by atoms with van der Waals surface area (Å²) in [4.78, 5) is 48.8. The first-order valence-electron chi connectivity index (χ1n) is 20.5. The Bertz CT molecular complexity index is 2750. The molecule has 0 saturated heterocycles. The fourth-order valence-corrected chi connectivity index (χ4v) is 11.2. The van der Waals surface area contributed by atoms with Gasteiger partial charge in [-0.15, -0.1) is 22.7 Å². The number of thiophene rings is 2. The van der Waals surface area contributed by atoms with Gasteiger partial charge in [0.05, 0.1) is 9.40 Å². The van der Waals surface area contributed by atoms with Crippen LogP contribution in [0.4, 0.5) is 52.7 Å². The molecule has 0 aliphatic heterocycles. The standard InChI is InChI=1S/C46H32F12O8S2/c47-43(48,49)17-37(59)63-31-9-11-33(65-39(61)19-45(53,54)55)29-13-21(1-5-25(29)31)23-3-7-27-35(15-23)67-42-28-8-4-24(16-36(28)68-41(27)42)22-2-6-26-30(14-22)34(66-40(62)20-46(56,57)58)12-10-32(26)64-38(60)18-44(50,51)52/h1-8,13-16,31-34H,9-12,17-20H2. The van der Waals surface area contributed by atoms with E-state index < -0.39 is 98.7 Å². The summed E-state index contributed by atoms with van der Waals surface area (Å²) in [5.74, 6) is -6.22. The molecule has 8 rings (SSSR count). The predicted molar refractivity (Wildman–Crippen MR) is 222 cm³/mol. The number of alkyl halides is 12. The van der Waals surface area contributed by atoms with Crippen molar-refractivity contribution in [3.63, 3.8) is 0 Å². The Morgan fingerprint density at radius 3 is 0.956 bits per heavy atom. The van der Waals surface area contributed by atoms with E-state index in [9.17, 15) is 71.9 Å². The normalized spacial score (nSPS) is 18.8. The van der Waals surface area contributed by atoms with Crippen molar-refractivity contribution in [1.29, 1.82) is 0 Å². The van der Waals surface area contributed by atoms with E-state index in [0.29, 0.717) is 22.3 Å². The maximum absolute atomic E-state index is 13.0. The summed E-state index contributed by atoms with van der Waals surface area (Å²) in [5, 5.41) is 1.71. The van der Waals surface area contributed by atoms with E-state index in [-0.39, 0.29) is 47.9 Å². The number of carbonyl (C=O) groups is 4. The Hall–Kier alpha value is -5.90. The van der Waals surface area contributed by atoms with Crippen LogP contribution in [0.3, 0.4) is 0 Å². The van der Waals surface area contributed by atoms with Gasteiger partial charge in [0.1, 0.15) is 50.1 Å². The second-order valence-corrected chi connectivity index (χ2v) is 18.3. The van der Waals surface area contributed by atoms with Crippen LogP contribution < -0.4 is 0 Å². The number of esters is 4. The lowest BCUT2D eigenvalue weighted by atomic mass is 9.85. The zero-order valence-corrected chi connectivity index (χ0v) is 36.1. The summed E-state index contributed by atoms with van der Waals surface area (Å²) in [6.07, 6.45) is -32.2. The van der Waals surface area contributed by atoms with Crippen molar-refractivity contribution in [2.45, 2.75) is 100 Å². The molecule has 68 heavy (non-hydrogen) atoms. The third kappa shape index (κ3) is 11.3. The van der Waals surface area contributed by atoms with E-state index in [0.717, 1.165) is 29.6 Å². The number of hydrogen-bond acceptors (Lipinski definition) is 10. The Labute approximate surface area is 383 Å². The van der Waals surface area contributed by atoms with Crippen LogP contribution in [0, 0.1) is 0 Å². The molecule has 360 valence electrons. The zero-order chi connectivity index (χ0) is 49.1. The second kappa shape index (κ2) is 18.2. The van der Waals surface area contributed by atoms with Crippen molar-refractivity contribution in [3.8, 4) is 22.3 Å². The van der Waals surface area contributed by atoms with E-state index in [2.05, 4.69) is 0 Å². The van der Waals surface area contributed by atoms with Crippen molar-refractivity contribution < 1.29 is 90.8 Å². The molecule has 2 aliphatic carbocycles. The number of benzene rings is 4. The second-order valence-electron chi connectivity index (χ2n) is 16.2. The number of carbonyl (C=O) groups excluding carboxylic acids is 4. The van der Waals surface area contributed by atoms with Crippen LogP contribution in [0.2, 0.25) is 0 Å².